The van der Waals surface area contributed by atoms with Gasteiger partial charge in [0.05, 0.1) is 6.20 Å². The maximum absolute atomic E-state index is 12.9. The second kappa shape index (κ2) is 4.39. The largest absolute Gasteiger partial charge is 0.471 e. The molecule has 4 nitrogen and oxygen atoms in total. The van der Waals surface area contributed by atoms with Gasteiger partial charge in [-0.15, -0.1) is 0 Å². The van der Waals surface area contributed by atoms with Gasteiger partial charge >= 0.3 is 0 Å². The van der Waals surface area contributed by atoms with Crippen molar-refractivity contribution in [2.75, 3.05) is 12.3 Å². The van der Waals surface area contributed by atoms with E-state index in [1.807, 2.05) is 6.92 Å². The number of nitrogens with zero attached hydrogens (tertiary/aromatic N) is 2. The molecule has 0 bridgehead atoms. The fourth-order valence-electron chi connectivity index (χ4n) is 0.689. The number of ether oxygens (including phenoxy) is 1. The van der Waals surface area contributed by atoms with Gasteiger partial charge in [-0.3, -0.25) is 0 Å². The number of hydrogen-bond acceptors (Lipinski definition) is 4. The lowest BCUT2D eigenvalue weighted by Crippen LogP contribution is -2.02. The molecule has 0 unspecified atom stereocenters. The number of allylic oxidation sites excluding steroid dienone is 1. The molecule has 1 heterocycles. The van der Waals surface area contributed by atoms with E-state index in [2.05, 4.69) is 9.97 Å². The highest BCUT2D eigenvalue weighted by Gasteiger charge is 2.04. The average molecular weight is 183 g/mol. The van der Waals surface area contributed by atoms with Crippen molar-refractivity contribution in [1.82, 2.24) is 9.97 Å². The third kappa shape index (κ3) is 2.70. The van der Waals surface area contributed by atoms with Gasteiger partial charge in [-0.2, -0.15) is 9.37 Å². The molecule has 0 aliphatic carbocycles. The third-order valence-electron chi connectivity index (χ3n) is 1.28. The first kappa shape index (κ1) is 9.44. The Morgan fingerprint density at radius 2 is 2.46 bits per heavy atom. The predicted octanol–water partition coefficient (Wildman–Crippen LogP) is 1.15. The fourth-order valence-corrected chi connectivity index (χ4v) is 0.689. The van der Waals surface area contributed by atoms with Gasteiger partial charge in [-0.05, 0) is 6.92 Å². The summed E-state index contributed by atoms with van der Waals surface area (Å²) in [6.45, 7) is 2.11. The summed E-state index contributed by atoms with van der Waals surface area (Å²) in [4.78, 5) is 7.04. The number of nitrogen functional groups attached to an aromatic ring is 1. The summed E-state index contributed by atoms with van der Waals surface area (Å²) in [5.74, 6) is -0.735. The Morgan fingerprint density at radius 1 is 1.69 bits per heavy atom. The molecule has 0 aromatic carbocycles. The predicted molar refractivity (Wildman–Crippen MR) is 46.7 cm³/mol. The summed E-state index contributed by atoms with van der Waals surface area (Å²) >= 11 is 0. The molecule has 0 spiro atoms. The van der Waals surface area contributed by atoms with E-state index in [0.717, 1.165) is 6.20 Å². The van der Waals surface area contributed by atoms with Crippen LogP contribution in [-0.4, -0.2) is 16.6 Å². The van der Waals surface area contributed by atoms with Gasteiger partial charge in [0.2, 0.25) is 11.8 Å². The van der Waals surface area contributed by atoms with Crippen LogP contribution in [-0.2, 0) is 0 Å². The lowest BCUT2D eigenvalue weighted by Gasteiger charge is -2.02. The average Bonchev–Trinajstić information content (AvgIpc) is 2.11. The van der Waals surface area contributed by atoms with E-state index in [0.29, 0.717) is 0 Å². The van der Waals surface area contributed by atoms with E-state index in [4.69, 9.17) is 10.5 Å². The van der Waals surface area contributed by atoms with Gasteiger partial charge in [-0.1, -0.05) is 12.2 Å². The third-order valence-corrected chi connectivity index (χ3v) is 1.28. The molecule has 2 N–H and O–H groups in total. The number of anilines is 1. The molecule has 0 amide bonds. The van der Waals surface area contributed by atoms with Crippen LogP contribution in [0.5, 0.6) is 5.88 Å². The van der Waals surface area contributed by atoms with Crippen LogP contribution in [0.2, 0.25) is 0 Å². The van der Waals surface area contributed by atoms with Crippen molar-refractivity contribution >= 4 is 5.95 Å². The highest BCUT2D eigenvalue weighted by Crippen LogP contribution is 2.12. The van der Waals surface area contributed by atoms with Crippen LogP contribution in [0.1, 0.15) is 6.92 Å². The van der Waals surface area contributed by atoms with Gasteiger partial charge in [-0.25, -0.2) is 4.98 Å². The summed E-state index contributed by atoms with van der Waals surface area (Å²) in [6, 6.07) is 0. The number of nitrogens with two attached hydrogens (primary N) is 1. The summed E-state index contributed by atoms with van der Waals surface area (Å²) < 4.78 is 17.8. The van der Waals surface area contributed by atoms with Gasteiger partial charge in [0.1, 0.15) is 6.61 Å². The number of rotatable bonds is 3. The van der Waals surface area contributed by atoms with Gasteiger partial charge in [0.25, 0.3) is 5.88 Å². The van der Waals surface area contributed by atoms with Crippen molar-refractivity contribution in [1.29, 1.82) is 0 Å². The van der Waals surface area contributed by atoms with Gasteiger partial charge in [0, 0.05) is 0 Å². The Morgan fingerprint density at radius 3 is 3.15 bits per heavy atom. The van der Waals surface area contributed by atoms with E-state index >= 15 is 0 Å². The zero-order valence-corrected chi connectivity index (χ0v) is 7.20. The Bertz CT molecular complexity index is 314. The van der Waals surface area contributed by atoms with Crippen molar-refractivity contribution in [2.45, 2.75) is 6.92 Å². The smallest absolute Gasteiger partial charge is 0.255 e. The summed E-state index contributed by atoms with van der Waals surface area (Å²) in [5.41, 5.74) is 5.24. The Hall–Kier alpha value is -1.65. The molecule has 1 aromatic heterocycles. The Kier molecular flexibility index (Phi) is 3.19. The summed E-state index contributed by atoms with van der Waals surface area (Å²) in [6.07, 6.45) is 4.51. The van der Waals surface area contributed by atoms with Gasteiger partial charge < -0.3 is 10.5 Å². The second-order valence-electron chi connectivity index (χ2n) is 2.26. The minimum absolute atomic E-state index is 0.00289. The first-order valence-electron chi connectivity index (χ1n) is 3.76. The topological polar surface area (TPSA) is 61.0 Å². The monoisotopic (exact) mass is 183 g/mol. The molecule has 13 heavy (non-hydrogen) atoms. The van der Waals surface area contributed by atoms with Crippen LogP contribution >= 0.6 is 0 Å². The Balaban J connectivity index is 2.69. The van der Waals surface area contributed by atoms with E-state index in [9.17, 15) is 4.39 Å². The SMILES string of the molecule is C/C=C/COc1nc(N)ncc1F. The van der Waals surface area contributed by atoms with Gasteiger partial charge in [0.15, 0.2) is 0 Å². The molecular formula is C8H10FN3O. The van der Waals surface area contributed by atoms with Crippen LogP contribution in [0.3, 0.4) is 0 Å². The van der Waals surface area contributed by atoms with Crippen molar-refractivity contribution in [3.05, 3.63) is 24.2 Å². The van der Waals surface area contributed by atoms with Crippen molar-refractivity contribution in [2.24, 2.45) is 0 Å². The van der Waals surface area contributed by atoms with E-state index in [-0.39, 0.29) is 18.4 Å². The molecule has 0 saturated heterocycles. The molecule has 0 aliphatic heterocycles. The standard InChI is InChI=1S/C8H10FN3O/c1-2-3-4-13-7-6(9)5-11-8(10)12-7/h2-3,5H,4H2,1H3,(H2,10,11,12)/b3-2+. The quantitative estimate of drug-likeness (QED) is 0.714. The molecule has 0 saturated carbocycles. The maximum atomic E-state index is 12.9. The molecule has 0 atom stereocenters. The zero-order chi connectivity index (χ0) is 9.68. The minimum atomic E-state index is -0.612. The minimum Gasteiger partial charge on any atom is -0.471 e. The van der Waals surface area contributed by atoms with Crippen LogP contribution in [0.4, 0.5) is 10.3 Å². The molecule has 5 heteroatoms. The molecular weight excluding hydrogens is 173 g/mol. The Labute approximate surface area is 75.3 Å². The highest BCUT2D eigenvalue weighted by molar-refractivity contribution is 5.22. The van der Waals surface area contributed by atoms with Crippen molar-refractivity contribution < 1.29 is 9.13 Å². The number of aromatic nitrogens is 2. The van der Waals surface area contributed by atoms with E-state index in [1.165, 1.54) is 0 Å². The lowest BCUT2D eigenvalue weighted by atomic mass is 10.5. The van der Waals surface area contributed by atoms with Crippen LogP contribution < -0.4 is 10.5 Å². The summed E-state index contributed by atoms with van der Waals surface area (Å²) in [7, 11) is 0. The first-order valence-corrected chi connectivity index (χ1v) is 3.76. The van der Waals surface area contributed by atoms with Crippen LogP contribution in [0.15, 0.2) is 18.3 Å². The van der Waals surface area contributed by atoms with Crippen molar-refractivity contribution in [3.63, 3.8) is 0 Å². The molecule has 1 aromatic rings. The molecule has 0 fully saturated rings. The van der Waals surface area contributed by atoms with E-state index < -0.39 is 5.82 Å². The zero-order valence-electron chi connectivity index (χ0n) is 7.20. The highest BCUT2D eigenvalue weighted by atomic mass is 19.1. The number of hydrogen-bond donors (Lipinski definition) is 1. The molecule has 1 rings (SSSR count). The first-order chi connectivity index (χ1) is 6.24. The number of halogens is 1. The second-order valence-corrected chi connectivity index (χ2v) is 2.26. The molecule has 0 radical (unpaired) electrons. The molecule has 0 aliphatic rings. The fraction of sp³-hybridized carbons (Fsp3) is 0.250. The lowest BCUT2D eigenvalue weighted by molar-refractivity contribution is 0.325. The van der Waals surface area contributed by atoms with Crippen molar-refractivity contribution in [3.8, 4) is 5.88 Å². The van der Waals surface area contributed by atoms with Crippen LogP contribution in [0, 0.1) is 5.82 Å². The normalized spacial score (nSPS) is 10.6. The van der Waals surface area contributed by atoms with Crippen LogP contribution in [0.25, 0.3) is 0 Å². The maximum Gasteiger partial charge on any atom is 0.255 e. The summed E-state index contributed by atoms with van der Waals surface area (Å²) in [5, 5.41) is 0. The van der Waals surface area contributed by atoms with E-state index in [1.54, 1.807) is 12.2 Å². The molecule has 70 valence electrons.